The lowest BCUT2D eigenvalue weighted by Crippen LogP contribution is -2.41. The van der Waals surface area contributed by atoms with E-state index < -0.39 is 11.6 Å². The second kappa shape index (κ2) is 13.1. The van der Waals surface area contributed by atoms with Crippen LogP contribution in [0.4, 0.5) is 8.78 Å². The van der Waals surface area contributed by atoms with Gasteiger partial charge in [-0.15, -0.1) is 0 Å². The zero-order chi connectivity index (χ0) is 26.1. The lowest BCUT2D eigenvalue weighted by Gasteiger charge is -2.33. The van der Waals surface area contributed by atoms with Crippen molar-refractivity contribution in [1.82, 2.24) is 15.5 Å². The monoisotopic (exact) mass is 514 g/mol. The Kier molecular flexibility index (Phi) is 9.90. The topological polar surface area (TPSA) is 91.7 Å². The molecule has 0 radical (unpaired) electrons. The molecule has 1 aliphatic rings. The molecule has 1 fully saturated rings. The van der Waals surface area contributed by atoms with Crippen LogP contribution in [0.15, 0.2) is 78.2 Å². The predicted octanol–water partition coefficient (Wildman–Crippen LogP) is 4.70. The van der Waals surface area contributed by atoms with Crippen molar-refractivity contribution in [2.45, 2.75) is 25.8 Å². The van der Waals surface area contributed by atoms with E-state index in [-0.39, 0.29) is 29.5 Å². The van der Waals surface area contributed by atoms with Gasteiger partial charge in [-0.3, -0.25) is 0 Å². The molecule has 0 aliphatic carbocycles. The van der Waals surface area contributed by atoms with E-state index in [1.165, 1.54) is 18.2 Å². The minimum absolute atomic E-state index is 0.0306. The Morgan fingerprint density at radius 2 is 1.89 bits per heavy atom. The number of aliphatic imine (C=N–C) groups is 1. The number of guanidine groups is 1. The van der Waals surface area contributed by atoms with Crippen LogP contribution in [0, 0.1) is 17.6 Å². The number of halogens is 3. The number of hydrogen-bond acceptors (Lipinski definition) is 4. The second-order valence-corrected chi connectivity index (χ2v) is 9.01. The molecule has 0 saturated carbocycles. The lowest BCUT2D eigenvalue weighted by molar-refractivity contribution is 0.317. The molecular formula is C27H33ClF2N6. The SMILES string of the molecule is C=C/C(N)=C(\NC(N)=NCc1ccccc1Cl)N(CCC1CCNCC1)C(=C)c1cccc(F)c1F. The van der Waals surface area contributed by atoms with Gasteiger partial charge in [0.15, 0.2) is 17.6 Å². The van der Waals surface area contributed by atoms with E-state index in [4.69, 9.17) is 23.1 Å². The number of benzene rings is 2. The Morgan fingerprint density at radius 1 is 1.17 bits per heavy atom. The molecule has 1 saturated heterocycles. The van der Waals surface area contributed by atoms with Gasteiger partial charge in [0.05, 0.1) is 12.2 Å². The molecule has 36 heavy (non-hydrogen) atoms. The first-order valence-electron chi connectivity index (χ1n) is 11.9. The van der Waals surface area contributed by atoms with E-state index in [9.17, 15) is 8.78 Å². The Bertz CT molecular complexity index is 1140. The summed E-state index contributed by atoms with van der Waals surface area (Å²) in [4.78, 5) is 6.10. The van der Waals surface area contributed by atoms with Crippen molar-refractivity contribution in [2.24, 2.45) is 22.4 Å². The number of piperidine rings is 1. The molecule has 2 aromatic rings. The van der Waals surface area contributed by atoms with Gasteiger partial charge in [0.1, 0.15) is 5.82 Å². The third-order valence-corrected chi connectivity index (χ3v) is 6.56. The molecule has 9 heteroatoms. The first-order chi connectivity index (χ1) is 17.3. The normalized spacial score (nSPS) is 15.2. The van der Waals surface area contributed by atoms with Gasteiger partial charge in [-0.1, -0.05) is 49.0 Å². The van der Waals surface area contributed by atoms with Gasteiger partial charge in [-0.25, -0.2) is 13.8 Å². The van der Waals surface area contributed by atoms with Crippen molar-refractivity contribution in [3.05, 3.63) is 101 Å². The molecule has 0 amide bonds. The quantitative estimate of drug-likeness (QED) is 0.209. The fraction of sp³-hybridized carbons (Fsp3) is 0.296. The van der Waals surface area contributed by atoms with Crippen molar-refractivity contribution in [3.63, 3.8) is 0 Å². The summed E-state index contributed by atoms with van der Waals surface area (Å²) in [6, 6.07) is 11.3. The molecule has 6 N–H and O–H groups in total. The molecular weight excluding hydrogens is 482 g/mol. The average Bonchev–Trinajstić information content (AvgIpc) is 2.89. The highest BCUT2D eigenvalue weighted by Crippen LogP contribution is 2.28. The Morgan fingerprint density at radius 3 is 2.58 bits per heavy atom. The first kappa shape index (κ1) is 27.2. The molecule has 1 aliphatic heterocycles. The maximum Gasteiger partial charge on any atom is 0.194 e. The third-order valence-electron chi connectivity index (χ3n) is 6.20. The molecule has 0 spiro atoms. The molecule has 0 aromatic heterocycles. The maximum absolute atomic E-state index is 14.7. The summed E-state index contributed by atoms with van der Waals surface area (Å²) in [6.07, 6.45) is 4.30. The van der Waals surface area contributed by atoms with Gasteiger partial charge < -0.3 is 27.0 Å². The summed E-state index contributed by atoms with van der Waals surface area (Å²) in [5, 5.41) is 6.97. The van der Waals surface area contributed by atoms with E-state index in [0.29, 0.717) is 23.3 Å². The van der Waals surface area contributed by atoms with Crippen LogP contribution in [-0.4, -0.2) is 30.5 Å². The van der Waals surface area contributed by atoms with Gasteiger partial charge in [0.2, 0.25) is 0 Å². The Hall–Kier alpha value is -3.36. The second-order valence-electron chi connectivity index (χ2n) is 8.61. The highest BCUT2D eigenvalue weighted by molar-refractivity contribution is 6.31. The Labute approximate surface area is 216 Å². The molecule has 1 heterocycles. The van der Waals surface area contributed by atoms with E-state index in [1.54, 1.807) is 11.0 Å². The number of nitrogens with two attached hydrogens (primary N) is 2. The summed E-state index contributed by atoms with van der Waals surface area (Å²) >= 11 is 6.23. The van der Waals surface area contributed by atoms with Gasteiger partial charge in [-0.2, -0.15) is 0 Å². The van der Waals surface area contributed by atoms with E-state index in [2.05, 4.69) is 28.8 Å². The summed E-state index contributed by atoms with van der Waals surface area (Å²) in [5.41, 5.74) is 13.8. The van der Waals surface area contributed by atoms with Gasteiger partial charge in [-0.05, 0) is 68.1 Å². The molecule has 6 nitrogen and oxygen atoms in total. The highest BCUT2D eigenvalue weighted by Gasteiger charge is 2.23. The summed E-state index contributed by atoms with van der Waals surface area (Å²) < 4.78 is 28.8. The van der Waals surface area contributed by atoms with Crippen LogP contribution >= 0.6 is 11.6 Å². The van der Waals surface area contributed by atoms with E-state index in [1.807, 2.05) is 18.2 Å². The van der Waals surface area contributed by atoms with Crippen LogP contribution in [0.5, 0.6) is 0 Å². The number of allylic oxidation sites excluding steroid dienone is 1. The molecule has 0 unspecified atom stereocenters. The van der Waals surface area contributed by atoms with Gasteiger partial charge >= 0.3 is 0 Å². The fourth-order valence-electron chi connectivity index (χ4n) is 4.09. The zero-order valence-electron chi connectivity index (χ0n) is 20.2. The van der Waals surface area contributed by atoms with Gasteiger partial charge in [0.25, 0.3) is 0 Å². The minimum Gasteiger partial charge on any atom is -0.396 e. The molecule has 192 valence electrons. The predicted molar refractivity (Wildman–Crippen MR) is 144 cm³/mol. The smallest absolute Gasteiger partial charge is 0.194 e. The van der Waals surface area contributed by atoms with E-state index in [0.717, 1.165) is 44.0 Å². The summed E-state index contributed by atoms with van der Waals surface area (Å²) in [7, 11) is 0. The standard InChI is InChI=1S/C27H33ClF2N6/c1-3-24(31)26(35-27(32)34-17-20-7-4-5-9-22(20)28)36(16-13-19-11-14-33-15-12-19)18(2)21-8-6-10-23(29)25(21)30/h3-10,19,33H,1-2,11-17,31H2,(H3,32,34,35)/b26-24-. The number of rotatable bonds is 10. The average molecular weight is 515 g/mol. The molecule has 3 rings (SSSR count). The number of nitrogens with zero attached hydrogens (tertiary/aromatic N) is 2. The highest BCUT2D eigenvalue weighted by atomic mass is 35.5. The minimum atomic E-state index is -0.980. The van der Waals surface area contributed by atoms with Crippen molar-refractivity contribution < 1.29 is 8.78 Å². The summed E-state index contributed by atoms with van der Waals surface area (Å²) in [6.45, 7) is 10.4. The van der Waals surface area contributed by atoms with Crippen molar-refractivity contribution >= 4 is 23.3 Å². The number of hydrogen-bond donors (Lipinski definition) is 4. The summed E-state index contributed by atoms with van der Waals surface area (Å²) in [5.74, 6) is -1.05. The maximum atomic E-state index is 14.7. The van der Waals surface area contributed by atoms with Crippen molar-refractivity contribution in [3.8, 4) is 0 Å². The molecule has 0 bridgehead atoms. The van der Waals surface area contributed by atoms with E-state index >= 15 is 0 Å². The van der Waals surface area contributed by atoms with Gasteiger partial charge in [0, 0.05) is 22.8 Å². The fourth-order valence-corrected chi connectivity index (χ4v) is 4.28. The lowest BCUT2D eigenvalue weighted by atomic mass is 9.94. The van der Waals surface area contributed by atoms with Crippen LogP contribution in [0.1, 0.15) is 30.4 Å². The Balaban J connectivity index is 1.91. The molecule has 2 aromatic carbocycles. The first-order valence-corrected chi connectivity index (χ1v) is 12.2. The van der Waals surface area contributed by atoms with Crippen LogP contribution in [0.2, 0.25) is 5.02 Å². The van der Waals surface area contributed by atoms with Crippen LogP contribution in [0.3, 0.4) is 0 Å². The van der Waals surface area contributed by atoms with Crippen LogP contribution in [0.25, 0.3) is 5.70 Å². The van der Waals surface area contributed by atoms with Crippen molar-refractivity contribution in [2.75, 3.05) is 19.6 Å². The number of nitrogens with one attached hydrogen (secondary N) is 2. The van der Waals surface area contributed by atoms with Crippen LogP contribution in [-0.2, 0) is 6.54 Å². The largest absolute Gasteiger partial charge is 0.396 e. The molecule has 0 atom stereocenters. The van der Waals surface area contributed by atoms with Crippen molar-refractivity contribution in [1.29, 1.82) is 0 Å². The zero-order valence-corrected chi connectivity index (χ0v) is 21.0. The third kappa shape index (κ3) is 7.08. The van der Waals surface area contributed by atoms with Crippen LogP contribution < -0.4 is 22.1 Å².